The van der Waals surface area contributed by atoms with Gasteiger partial charge in [-0.3, -0.25) is 4.79 Å². The molecule has 2 aromatic carbocycles. The topological polar surface area (TPSA) is 61.4 Å². The Balaban J connectivity index is 1.53. The second-order valence-corrected chi connectivity index (χ2v) is 6.73. The molecule has 1 aliphatic heterocycles. The highest BCUT2D eigenvalue weighted by Crippen LogP contribution is 2.17. The molecule has 1 heterocycles. The molecule has 1 atom stereocenters. The fraction of sp³-hybridized carbons (Fsp3) is 0.400. The van der Waals surface area contributed by atoms with Crippen molar-refractivity contribution in [2.24, 2.45) is 5.92 Å². The lowest BCUT2D eigenvalue weighted by Gasteiger charge is -2.32. The van der Waals surface area contributed by atoms with Crippen molar-refractivity contribution in [2.75, 3.05) is 19.6 Å². The molecule has 0 spiro atoms. The normalized spacial score (nSPS) is 17.3. The van der Waals surface area contributed by atoms with Crippen LogP contribution in [0.2, 0.25) is 0 Å². The van der Waals surface area contributed by atoms with Gasteiger partial charge in [0.25, 0.3) is 0 Å². The van der Waals surface area contributed by atoms with Crippen LogP contribution in [0.1, 0.15) is 25.3 Å². The third-order valence-corrected chi connectivity index (χ3v) is 4.70. The molecule has 1 saturated heterocycles. The number of urea groups is 1. The van der Waals surface area contributed by atoms with E-state index in [0.717, 1.165) is 24.9 Å². The fourth-order valence-corrected chi connectivity index (χ4v) is 3.34. The highest BCUT2D eigenvalue weighted by atomic mass is 16.2. The molecular formula is C20H25N3O2. The molecular weight excluding hydrogens is 314 g/mol. The fourth-order valence-electron chi connectivity index (χ4n) is 3.34. The number of benzene rings is 2. The number of nitrogens with zero attached hydrogens (tertiary/aromatic N) is 1. The molecule has 2 aromatic rings. The van der Waals surface area contributed by atoms with Crippen molar-refractivity contribution < 1.29 is 9.59 Å². The Morgan fingerprint density at radius 2 is 1.92 bits per heavy atom. The van der Waals surface area contributed by atoms with Gasteiger partial charge in [0.2, 0.25) is 5.91 Å². The number of piperidine rings is 1. The molecule has 3 rings (SSSR count). The lowest BCUT2D eigenvalue weighted by atomic mass is 9.98. The van der Waals surface area contributed by atoms with Crippen LogP contribution in [0.15, 0.2) is 42.5 Å². The first kappa shape index (κ1) is 17.3. The average Bonchev–Trinajstić information content (AvgIpc) is 2.64. The quantitative estimate of drug-likeness (QED) is 0.900. The molecule has 0 aliphatic carbocycles. The van der Waals surface area contributed by atoms with Crippen LogP contribution in [-0.4, -0.2) is 36.5 Å². The molecule has 0 radical (unpaired) electrons. The molecule has 1 unspecified atom stereocenters. The monoisotopic (exact) mass is 339 g/mol. The lowest BCUT2D eigenvalue weighted by Crippen LogP contribution is -2.47. The predicted octanol–water partition coefficient (Wildman–Crippen LogP) is 2.90. The molecule has 0 bridgehead atoms. The van der Waals surface area contributed by atoms with Crippen molar-refractivity contribution in [1.82, 2.24) is 15.5 Å². The zero-order valence-corrected chi connectivity index (χ0v) is 14.6. The van der Waals surface area contributed by atoms with Crippen molar-refractivity contribution in [1.29, 1.82) is 0 Å². The first-order valence-electron chi connectivity index (χ1n) is 8.87. The summed E-state index contributed by atoms with van der Waals surface area (Å²) in [5.74, 6) is 0.321. The molecule has 25 heavy (non-hydrogen) atoms. The molecule has 1 aliphatic rings. The van der Waals surface area contributed by atoms with Crippen LogP contribution < -0.4 is 10.6 Å². The maximum absolute atomic E-state index is 12.4. The molecule has 2 N–H and O–H groups in total. The summed E-state index contributed by atoms with van der Waals surface area (Å²) in [5, 5.41) is 8.26. The number of carbonyl (C=O) groups excluding carboxylic acids is 2. The maximum atomic E-state index is 12.4. The van der Waals surface area contributed by atoms with Crippen LogP contribution >= 0.6 is 0 Å². The van der Waals surface area contributed by atoms with E-state index in [1.807, 2.05) is 17.0 Å². The van der Waals surface area contributed by atoms with Gasteiger partial charge in [-0.05, 0) is 41.2 Å². The van der Waals surface area contributed by atoms with E-state index >= 15 is 0 Å². The summed E-state index contributed by atoms with van der Waals surface area (Å²) >= 11 is 0. The number of likely N-dealkylation sites (tertiary alicyclic amines) is 1. The molecule has 5 heteroatoms. The smallest absolute Gasteiger partial charge is 0.317 e. The van der Waals surface area contributed by atoms with Crippen LogP contribution in [0.5, 0.6) is 0 Å². The molecule has 0 saturated carbocycles. The highest BCUT2D eigenvalue weighted by Gasteiger charge is 2.23. The number of amides is 3. The second kappa shape index (κ2) is 8.01. The Kier molecular flexibility index (Phi) is 5.53. The summed E-state index contributed by atoms with van der Waals surface area (Å²) in [7, 11) is 0. The van der Waals surface area contributed by atoms with Crippen molar-refractivity contribution in [3.05, 3.63) is 48.0 Å². The Labute approximate surface area is 148 Å². The standard InChI is InChI=1S/C20H25N3O2/c1-15(24)21-13-17-5-4-10-23(14-17)20(25)22-12-16-8-9-18-6-2-3-7-19(18)11-16/h2-3,6-9,11,17H,4-5,10,12-14H2,1H3,(H,21,24)(H,22,25). The molecule has 3 amide bonds. The van der Waals surface area contributed by atoms with Gasteiger partial charge in [0, 0.05) is 33.1 Å². The first-order chi connectivity index (χ1) is 12.1. The number of rotatable bonds is 4. The second-order valence-electron chi connectivity index (χ2n) is 6.73. The van der Waals surface area contributed by atoms with E-state index in [9.17, 15) is 9.59 Å². The minimum Gasteiger partial charge on any atom is -0.356 e. The van der Waals surface area contributed by atoms with E-state index in [0.29, 0.717) is 25.6 Å². The Morgan fingerprint density at radius 1 is 1.12 bits per heavy atom. The number of hydrogen-bond donors (Lipinski definition) is 2. The molecule has 1 fully saturated rings. The van der Waals surface area contributed by atoms with E-state index in [1.165, 1.54) is 17.7 Å². The number of hydrogen-bond acceptors (Lipinski definition) is 2. The number of fused-ring (bicyclic) bond motifs is 1. The highest BCUT2D eigenvalue weighted by molar-refractivity contribution is 5.83. The Bertz CT molecular complexity index is 759. The summed E-state index contributed by atoms with van der Waals surface area (Å²) in [6.45, 7) is 4.17. The number of nitrogens with one attached hydrogen (secondary N) is 2. The molecule has 132 valence electrons. The summed E-state index contributed by atoms with van der Waals surface area (Å²) in [6, 6.07) is 14.4. The van der Waals surface area contributed by atoms with Crippen molar-refractivity contribution in [3.63, 3.8) is 0 Å². The van der Waals surface area contributed by atoms with Crippen LogP contribution in [0, 0.1) is 5.92 Å². The Hall–Kier alpha value is -2.56. The van der Waals surface area contributed by atoms with Crippen molar-refractivity contribution >= 4 is 22.7 Å². The van der Waals surface area contributed by atoms with Crippen LogP contribution in [0.25, 0.3) is 10.8 Å². The van der Waals surface area contributed by atoms with Gasteiger partial charge in [0.05, 0.1) is 0 Å². The lowest BCUT2D eigenvalue weighted by molar-refractivity contribution is -0.119. The Morgan fingerprint density at radius 3 is 2.72 bits per heavy atom. The van der Waals surface area contributed by atoms with Gasteiger partial charge in [-0.1, -0.05) is 36.4 Å². The van der Waals surface area contributed by atoms with Gasteiger partial charge in [-0.2, -0.15) is 0 Å². The summed E-state index contributed by atoms with van der Waals surface area (Å²) < 4.78 is 0. The molecule has 0 aromatic heterocycles. The van der Waals surface area contributed by atoms with E-state index in [4.69, 9.17) is 0 Å². The van der Waals surface area contributed by atoms with E-state index in [1.54, 1.807) is 0 Å². The third-order valence-electron chi connectivity index (χ3n) is 4.70. The van der Waals surface area contributed by atoms with Gasteiger partial charge < -0.3 is 15.5 Å². The summed E-state index contributed by atoms with van der Waals surface area (Å²) in [4.78, 5) is 25.4. The van der Waals surface area contributed by atoms with Gasteiger partial charge in [-0.25, -0.2) is 4.79 Å². The van der Waals surface area contributed by atoms with E-state index in [2.05, 4.69) is 41.0 Å². The minimum atomic E-state index is -0.0271. The number of carbonyl (C=O) groups is 2. The SMILES string of the molecule is CC(=O)NCC1CCCN(C(=O)NCc2ccc3ccccc3c2)C1. The maximum Gasteiger partial charge on any atom is 0.317 e. The van der Waals surface area contributed by atoms with Crippen molar-refractivity contribution in [2.45, 2.75) is 26.3 Å². The summed E-state index contributed by atoms with van der Waals surface area (Å²) in [6.07, 6.45) is 2.03. The first-order valence-corrected chi connectivity index (χ1v) is 8.87. The largest absolute Gasteiger partial charge is 0.356 e. The zero-order chi connectivity index (χ0) is 17.6. The third kappa shape index (κ3) is 4.72. The predicted molar refractivity (Wildman–Crippen MR) is 99.2 cm³/mol. The van der Waals surface area contributed by atoms with Gasteiger partial charge in [-0.15, -0.1) is 0 Å². The van der Waals surface area contributed by atoms with E-state index < -0.39 is 0 Å². The molecule has 5 nitrogen and oxygen atoms in total. The van der Waals surface area contributed by atoms with Crippen molar-refractivity contribution in [3.8, 4) is 0 Å². The zero-order valence-electron chi connectivity index (χ0n) is 14.6. The van der Waals surface area contributed by atoms with Crippen LogP contribution in [-0.2, 0) is 11.3 Å². The average molecular weight is 339 g/mol. The summed E-state index contributed by atoms with van der Waals surface area (Å²) in [5.41, 5.74) is 1.10. The minimum absolute atomic E-state index is 0.0159. The van der Waals surface area contributed by atoms with Crippen LogP contribution in [0.4, 0.5) is 4.79 Å². The van der Waals surface area contributed by atoms with Gasteiger partial charge in [0.15, 0.2) is 0 Å². The van der Waals surface area contributed by atoms with Crippen LogP contribution in [0.3, 0.4) is 0 Å². The van der Waals surface area contributed by atoms with E-state index in [-0.39, 0.29) is 11.9 Å². The van der Waals surface area contributed by atoms with Gasteiger partial charge >= 0.3 is 6.03 Å². The van der Waals surface area contributed by atoms with Gasteiger partial charge in [0.1, 0.15) is 0 Å².